The topological polar surface area (TPSA) is 61.8 Å². The quantitative estimate of drug-likeness (QED) is 0.452. The number of carbonyl (C=O) groups excluding carboxylic acids is 2. The zero-order valence-electron chi connectivity index (χ0n) is 11.8. The van der Waals surface area contributed by atoms with Crippen LogP contribution in [0.25, 0.3) is 0 Å². The van der Waals surface area contributed by atoms with Crippen molar-refractivity contribution in [1.82, 2.24) is 0 Å². The van der Waals surface area contributed by atoms with Gasteiger partial charge in [0.1, 0.15) is 5.75 Å². The Labute approximate surface area is 118 Å². The maximum absolute atomic E-state index is 11.9. The van der Waals surface area contributed by atoms with Gasteiger partial charge in [0.15, 0.2) is 5.92 Å². The molecule has 0 aliphatic rings. The zero-order chi connectivity index (χ0) is 15.1. The molecule has 0 aliphatic heterocycles. The molecule has 1 atom stereocenters. The highest BCUT2D eigenvalue weighted by atomic mass is 16.5. The monoisotopic (exact) mass is 278 g/mol. The molecule has 5 heteroatoms. The Bertz CT molecular complexity index is 479. The molecule has 0 aliphatic carbocycles. The molecule has 0 spiro atoms. The van der Waals surface area contributed by atoms with E-state index in [9.17, 15) is 9.59 Å². The Kier molecular flexibility index (Phi) is 5.77. The largest absolute Gasteiger partial charge is 0.496 e. The summed E-state index contributed by atoms with van der Waals surface area (Å²) in [4.78, 5) is 23.7. The molecule has 1 aromatic rings. The average molecular weight is 278 g/mol. The van der Waals surface area contributed by atoms with Crippen molar-refractivity contribution in [3.63, 3.8) is 0 Å². The van der Waals surface area contributed by atoms with Crippen LogP contribution in [0.5, 0.6) is 5.75 Å². The van der Waals surface area contributed by atoms with Gasteiger partial charge in [-0.3, -0.25) is 9.59 Å². The summed E-state index contributed by atoms with van der Waals surface area (Å²) in [7, 11) is 3.96. The normalized spacial score (nSPS) is 11.6. The number of methoxy groups -OCH3 is 3. The van der Waals surface area contributed by atoms with Crippen LogP contribution in [0, 0.1) is 5.92 Å². The lowest BCUT2D eigenvalue weighted by molar-refractivity contribution is -0.159. The fourth-order valence-electron chi connectivity index (χ4n) is 2.03. The second-order valence-electron chi connectivity index (χ2n) is 4.03. The third-order valence-corrected chi connectivity index (χ3v) is 3.02. The van der Waals surface area contributed by atoms with E-state index in [0.717, 1.165) is 0 Å². The van der Waals surface area contributed by atoms with Crippen LogP contribution in [0.4, 0.5) is 0 Å². The Morgan fingerprint density at radius 2 is 1.65 bits per heavy atom. The van der Waals surface area contributed by atoms with E-state index in [-0.39, 0.29) is 0 Å². The molecule has 0 N–H and O–H groups in total. The summed E-state index contributed by atoms with van der Waals surface area (Å²) in [5.74, 6) is -2.49. The third-order valence-electron chi connectivity index (χ3n) is 3.02. The van der Waals surface area contributed by atoms with Crippen LogP contribution in [0.1, 0.15) is 11.5 Å². The van der Waals surface area contributed by atoms with E-state index in [1.807, 2.05) is 0 Å². The maximum Gasteiger partial charge on any atom is 0.321 e. The first kappa shape index (κ1) is 15.8. The summed E-state index contributed by atoms with van der Waals surface area (Å²) < 4.78 is 14.6. The Morgan fingerprint density at radius 1 is 1.10 bits per heavy atom. The summed E-state index contributed by atoms with van der Waals surface area (Å²) in [5, 5.41) is 0. The van der Waals surface area contributed by atoms with Crippen molar-refractivity contribution < 1.29 is 23.8 Å². The van der Waals surface area contributed by atoms with Crippen LogP contribution in [0.15, 0.2) is 36.9 Å². The summed E-state index contributed by atoms with van der Waals surface area (Å²) in [6, 6.07) is 7.11. The maximum atomic E-state index is 11.9. The van der Waals surface area contributed by atoms with E-state index in [1.54, 1.807) is 24.3 Å². The molecule has 5 nitrogen and oxygen atoms in total. The minimum absolute atomic E-state index is 0.565. The molecule has 0 saturated heterocycles. The van der Waals surface area contributed by atoms with E-state index < -0.39 is 23.8 Å². The highest BCUT2D eigenvalue weighted by Crippen LogP contribution is 2.34. The predicted octanol–water partition coefficient (Wildman–Crippen LogP) is 1.93. The smallest absolute Gasteiger partial charge is 0.321 e. The second-order valence-corrected chi connectivity index (χ2v) is 4.03. The van der Waals surface area contributed by atoms with Crippen molar-refractivity contribution in [2.24, 2.45) is 5.92 Å². The first-order valence-corrected chi connectivity index (χ1v) is 6.01. The summed E-state index contributed by atoms with van der Waals surface area (Å²) in [5.41, 5.74) is 0.672. The highest BCUT2D eigenvalue weighted by Gasteiger charge is 2.37. The predicted molar refractivity (Wildman–Crippen MR) is 73.5 cm³/mol. The van der Waals surface area contributed by atoms with Crippen LogP contribution < -0.4 is 4.74 Å². The molecule has 0 amide bonds. The zero-order valence-corrected chi connectivity index (χ0v) is 11.8. The number of hydrogen-bond donors (Lipinski definition) is 0. The van der Waals surface area contributed by atoms with Crippen LogP contribution in [-0.2, 0) is 19.1 Å². The molecular weight excluding hydrogens is 260 g/mol. The second kappa shape index (κ2) is 7.33. The summed E-state index contributed by atoms with van der Waals surface area (Å²) in [6.45, 7) is 3.70. The first-order valence-electron chi connectivity index (χ1n) is 6.01. The van der Waals surface area contributed by atoms with Gasteiger partial charge >= 0.3 is 11.9 Å². The number of esters is 2. The molecule has 1 aromatic carbocycles. The lowest BCUT2D eigenvalue weighted by Crippen LogP contribution is -2.31. The van der Waals surface area contributed by atoms with E-state index in [0.29, 0.717) is 11.3 Å². The van der Waals surface area contributed by atoms with Gasteiger partial charge in [-0.25, -0.2) is 0 Å². The van der Waals surface area contributed by atoms with Crippen LogP contribution >= 0.6 is 0 Å². The van der Waals surface area contributed by atoms with E-state index in [2.05, 4.69) is 16.1 Å². The lowest BCUT2D eigenvalue weighted by atomic mass is 9.85. The van der Waals surface area contributed by atoms with Gasteiger partial charge in [-0.15, -0.1) is 6.58 Å². The van der Waals surface area contributed by atoms with Crippen molar-refractivity contribution >= 4 is 11.9 Å². The first-order chi connectivity index (χ1) is 9.60. The van der Waals surface area contributed by atoms with Crippen molar-refractivity contribution in [1.29, 1.82) is 0 Å². The molecule has 108 valence electrons. The van der Waals surface area contributed by atoms with Crippen LogP contribution in [0.2, 0.25) is 0 Å². The van der Waals surface area contributed by atoms with Gasteiger partial charge in [-0.1, -0.05) is 24.3 Å². The lowest BCUT2D eigenvalue weighted by Gasteiger charge is -2.22. The number of allylic oxidation sites excluding steroid dienone is 1. The van der Waals surface area contributed by atoms with Crippen molar-refractivity contribution in [2.75, 3.05) is 21.3 Å². The fraction of sp³-hybridized carbons (Fsp3) is 0.333. The molecule has 1 rings (SSSR count). The molecule has 0 fully saturated rings. The Hall–Kier alpha value is -2.30. The fourth-order valence-corrected chi connectivity index (χ4v) is 2.03. The van der Waals surface area contributed by atoms with Crippen LogP contribution in [0.3, 0.4) is 0 Å². The Morgan fingerprint density at radius 3 is 2.10 bits per heavy atom. The minimum Gasteiger partial charge on any atom is -0.496 e. The molecule has 0 aromatic heterocycles. The van der Waals surface area contributed by atoms with Gasteiger partial charge in [0.2, 0.25) is 0 Å². The van der Waals surface area contributed by atoms with Crippen molar-refractivity contribution in [3.8, 4) is 5.75 Å². The number of benzene rings is 1. The standard InChI is InChI=1S/C15H18O5/c1-5-10(11-8-6-7-9-12(11)18-2)13(14(16)19-3)15(17)20-4/h5-10,13H,1H2,2-4H3/t10-/m1/s1. The van der Waals surface area contributed by atoms with Gasteiger partial charge in [0.05, 0.1) is 21.3 Å². The van der Waals surface area contributed by atoms with Gasteiger partial charge in [0, 0.05) is 11.5 Å². The van der Waals surface area contributed by atoms with E-state index >= 15 is 0 Å². The summed E-state index contributed by atoms with van der Waals surface area (Å²) >= 11 is 0. The van der Waals surface area contributed by atoms with E-state index in [4.69, 9.17) is 4.74 Å². The van der Waals surface area contributed by atoms with E-state index in [1.165, 1.54) is 27.4 Å². The molecular formula is C15H18O5. The molecule has 0 saturated carbocycles. The average Bonchev–Trinajstić information content (AvgIpc) is 2.51. The number of para-hydroxylation sites is 1. The number of ether oxygens (including phenoxy) is 3. The van der Waals surface area contributed by atoms with Crippen molar-refractivity contribution in [3.05, 3.63) is 42.5 Å². The summed E-state index contributed by atoms with van der Waals surface area (Å²) in [6.07, 6.45) is 1.51. The third kappa shape index (κ3) is 3.17. The number of hydrogen-bond acceptors (Lipinski definition) is 5. The molecule has 0 unspecified atom stereocenters. The van der Waals surface area contributed by atoms with Gasteiger partial charge in [0.25, 0.3) is 0 Å². The highest BCUT2D eigenvalue weighted by molar-refractivity contribution is 5.96. The number of carbonyl (C=O) groups is 2. The Balaban J connectivity index is 3.29. The SMILES string of the molecule is C=C[C@H](c1ccccc1OC)C(C(=O)OC)C(=O)OC. The van der Waals surface area contributed by atoms with Crippen molar-refractivity contribution in [2.45, 2.75) is 5.92 Å². The van der Waals surface area contributed by atoms with Gasteiger partial charge in [-0.2, -0.15) is 0 Å². The minimum atomic E-state index is -1.11. The van der Waals surface area contributed by atoms with Gasteiger partial charge in [-0.05, 0) is 6.07 Å². The molecule has 0 bridgehead atoms. The van der Waals surface area contributed by atoms with Crippen LogP contribution in [-0.4, -0.2) is 33.3 Å². The number of rotatable bonds is 6. The van der Waals surface area contributed by atoms with Gasteiger partial charge < -0.3 is 14.2 Å². The molecule has 0 heterocycles. The molecule has 20 heavy (non-hydrogen) atoms. The molecule has 0 radical (unpaired) electrons.